The predicted octanol–water partition coefficient (Wildman–Crippen LogP) is 1.56. The Morgan fingerprint density at radius 1 is 1.22 bits per heavy atom. The number of aryl methyl sites for hydroxylation is 1. The summed E-state index contributed by atoms with van der Waals surface area (Å²) >= 11 is 0. The molecule has 0 heterocycles. The van der Waals surface area contributed by atoms with Gasteiger partial charge in [0.15, 0.2) is 0 Å². The fourth-order valence-corrected chi connectivity index (χ4v) is 2.17. The van der Waals surface area contributed by atoms with Crippen LogP contribution in [0.5, 0.6) is 0 Å². The minimum atomic E-state index is -4.33. The molecule has 5 heteroatoms. The van der Waals surface area contributed by atoms with Gasteiger partial charge in [-0.05, 0) is 29.7 Å². The van der Waals surface area contributed by atoms with Crippen molar-refractivity contribution < 1.29 is 13.0 Å². The maximum absolute atomic E-state index is 10.9. The first-order valence-corrected chi connectivity index (χ1v) is 6.56. The SMILES string of the molecule is C#CCc1c(C)ccc(NS(=O)(=O)O)c1CC#C. The van der Waals surface area contributed by atoms with Gasteiger partial charge in [0.2, 0.25) is 0 Å². The molecule has 18 heavy (non-hydrogen) atoms. The molecule has 0 fully saturated rings. The Morgan fingerprint density at radius 2 is 1.78 bits per heavy atom. The molecule has 0 saturated heterocycles. The van der Waals surface area contributed by atoms with Crippen LogP contribution in [0, 0.1) is 31.6 Å². The Kier molecular flexibility index (Phi) is 4.38. The maximum Gasteiger partial charge on any atom is 0.357 e. The van der Waals surface area contributed by atoms with E-state index in [0.717, 1.165) is 11.1 Å². The van der Waals surface area contributed by atoms with Gasteiger partial charge in [-0.1, -0.05) is 6.07 Å². The van der Waals surface area contributed by atoms with Crippen molar-refractivity contribution in [3.63, 3.8) is 0 Å². The van der Waals surface area contributed by atoms with Gasteiger partial charge < -0.3 is 0 Å². The molecule has 0 spiro atoms. The second-order valence-corrected chi connectivity index (χ2v) is 4.88. The van der Waals surface area contributed by atoms with Crippen LogP contribution in [0.25, 0.3) is 0 Å². The molecule has 4 nitrogen and oxygen atoms in total. The number of anilines is 1. The number of hydrogen-bond acceptors (Lipinski definition) is 2. The molecule has 1 aromatic rings. The van der Waals surface area contributed by atoms with Gasteiger partial charge in [-0.15, -0.1) is 24.7 Å². The van der Waals surface area contributed by atoms with Gasteiger partial charge in [0.05, 0.1) is 5.69 Å². The van der Waals surface area contributed by atoms with Gasteiger partial charge in [-0.2, -0.15) is 8.42 Å². The first-order chi connectivity index (χ1) is 8.39. The van der Waals surface area contributed by atoms with Crippen molar-refractivity contribution >= 4 is 16.0 Å². The molecule has 0 atom stereocenters. The lowest BCUT2D eigenvalue weighted by Crippen LogP contribution is -2.13. The van der Waals surface area contributed by atoms with E-state index in [9.17, 15) is 8.42 Å². The molecular weight excluding hydrogens is 250 g/mol. The van der Waals surface area contributed by atoms with E-state index in [2.05, 4.69) is 11.8 Å². The number of rotatable bonds is 4. The number of nitrogens with one attached hydrogen (secondary N) is 1. The molecular formula is C13H13NO3S. The van der Waals surface area contributed by atoms with Crippen LogP contribution in [0.1, 0.15) is 16.7 Å². The van der Waals surface area contributed by atoms with Crippen LogP contribution in [-0.4, -0.2) is 13.0 Å². The quantitative estimate of drug-likeness (QED) is 0.640. The summed E-state index contributed by atoms with van der Waals surface area (Å²) in [5.41, 5.74) is 2.61. The van der Waals surface area contributed by atoms with Crippen LogP contribution in [0.3, 0.4) is 0 Å². The molecule has 2 N–H and O–H groups in total. The zero-order valence-corrected chi connectivity index (χ0v) is 10.7. The van der Waals surface area contributed by atoms with Gasteiger partial charge in [0.25, 0.3) is 0 Å². The number of terminal acetylenes is 2. The van der Waals surface area contributed by atoms with Crippen LogP contribution in [0.15, 0.2) is 12.1 Å². The van der Waals surface area contributed by atoms with Gasteiger partial charge >= 0.3 is 10.3 Å². The van der Waals surface area contributed by atoms with Crippen molar-refractivity contribution in [1.29, 1.82) is 0 Å². The number of hydrogen-bond donors (Lipinski definition) is 2. The Morgan fingerprint density at radius 3 is 2.28 bits per heavy atom. The Labute approximate surface area is 107 Å². The normalized spacial score (nSPS) is 10.4. The van der Waals surface area contributed by atoms with Crippen molar-refractivity contribution in [3.05, 3.63) is 28.8 Å². The fourth-order valence-electron chi connectivity index (χ4n) is 1.70. The van der Waals surface area contributed by atoms with E-state index in [-0.39, 0.29) is 12.1 Å². The monoisotopic (exact) mass is 263 g/mol. The van der Waals surface area contributed by atoms with Gasteiger partial charge in [-0.3, -0.25) is 9.27 Å². The lowest BCUT2D eigenvalue weighted by Gasteiger charge is -2.14. The van der Waals surface area contributed by atoms with E-state index in [0.29, 0.717) is 12.0 Å². The minimum absolute atomic E-state index is 0.233. The molecule has 0 amide bonds. The second kappa shape index (κ2) is 5.59. The average Bonchev–Trinajstić information content (AvgIpc) is 2.25. The smallest absolute Gasteiger partial charge is 0.269 e. The first kappa shape index (κ1) is 14.1. The highest BCUT2D eigenvalue weighted by Crippen LogP contribution is 2.25. The molecule has 0 aliphatic heterocycles. The van der Waals surface area contributed by atoms with Crippen molar-refractivity contribution in [2.24, 2.45) is 0 Å². The van der Waals surface area contributed by atoms with Crippen molar-refractivity contribution in [2.45, 2.75) is 19.8 Å². The molecule has 94 valence electrons. The Hall–Kier alpha value is -1.95. The van der Waals surface area contributed by atoms with Gasteiger partial charge in [0.1, 0.15) is 0 Å². The van der Waals surface area contributed by atoms with Crippen molar-refractivity contribution in [2.75, 3.05) is 4.72 Å². The van der Waals surface area contributed by atoms with Crippen LogP contribution in [0.4, 0.5) is 5.69 Å². The highest BCUT2D eigenvalue weighted by molar-refractivity contribution is 7.87. The van der Waals surface area contributed by atoms with E-state index >= 15 is 0 Å². The highest BCUT2D eigenvalue weighted by Gasteiger charge is 2.13. The fraction of sp³-hybridized carbons (Fsp3) is 0.231. The minimum Gasteiger partial charge on any atom is -0.269 e. The lowest BCUT2D eigenvalue weighted by molar-refractivity contribution is 0.489. The first-order valence-electron chi connectivity index (χ1n) is 5.12. The maximum atomic E-state index is 10.9. The van der Waals surface area contributed by atoms with E-state index in [1.807, 2.05) is 11.6 Å². The van der Waals surface area contributed by atoms with Crippen LogP contribution >= 0.6 is 0 Å². The highest BCUT2D eigenvalue weighted by atomic mass is 32.2. The molecule has 0 aromatic heterocycles. The second-order valence-electron chi connectivity index (χ2n) is 3.73. The van der Waals surface area contributed by atoms with E-state index in [4.69, 9.17) is 17.4 Å². The lowest BCUT2D eigenvalue weighted by atomic mass is 9.96. The van der Waals surface area contributed by atoms with Crippen LogP contribution in [0.2, 0.25) is 0 Å². The zero-order valence-electron chi connectivity index (χ0n) is 9.90. The molecule has 0 saturated carbocycles. The van der Waals surface area contributed by atoms with Gasteiger partial charge in [0, 0.05) is 12.8 Å². The third-order valence-electron chi connectivity index (χ3n) is 2.46. The molecule has 0 aliphatic carbocycles. The van der Waals surface area contributed by atoms with E-state index in [1.54, 1.807) is 12.1 Å². The molecule has 0 aliphatic rings. The summed E-state index contributed by atoms with van der Waals surface area (Å²) in [4.78, 5) is 0. The largest absolute Gasteiger partial charge is 0.357 e. The summed E-state index contributed by atoms with van der Waals surface area (Å²) in [7, 11) is -4.33. The summed E-state index contributed by atoms with van der Waals surface area (Å²) in [6, 6.07) is 3.27. The standard InChI is InChI=1S/C13H13NO3S/c1-4-6-11-10(3)8-9-13(12(11)7-5-2)14-18(15,16)17/h1-2,8-9,14H,6-7H2,3H3,(H,15,16,17). The molecule has 1 aromatic carbocycles. The third-order valence-corrected chi connectivity index (χ3v) is 2.94. The Bertz CT molecular complexity index is 633. The van der Waals surface area contributed by atoms with Gasteiger partial charge in [-0.25, -0.2) is 0 Å². The summed E-state index contributed by atoms with van der Waals surface area (Å²) in [6.45, 7) is 1.86. The zero-order chi connectivity index (χ0) is 13.8. The average molecular weight is 263 g/mol. The third kappa shape index (κ3) is 3.53. The molecule has 0 bridgehead atoms. The Balaban J connectivity index is 3.40. The summed E-state index contributed by atoms with van der Waals surface area (Å²) in [6.07, 6.45) is 11.1. The van der Waals surface area contributed by atoms with E-state index in [1.165, 1.54) is 0 Å². The van der Waals surface area contributed by atoms with Crippen LogP contribution < -0.4 is 4.72 Å². The topological polar surface area (TPSA) is 66.4 Å². The van der Waals surface area contributed by atoms with Crippen molar-refractivity contribution in [3.8, 4) is 24.7 Å². The predicted molar refractivity (Wildman–Crippen MR) is 71.4 cm³/mol. The molecule has 0 unspecified atom stereocenters. The van der Waals surface area contributed by atoms with E-state index < -0.39 is 10.3 Å². The molecule has 0 radical (unpaired) electrons. The molecule has 1 rings (SSSR count). The van der Waals surface area contributed by atoms with Crippen LogP contribution in [-0.2, 0) is 23.1 Å². The summed E-state index contributed by atoms with van der Waals surface area (Å²) in [5.74, 6) is 4.96. The number of benzene rings is 1. The summed E-state index contributed by atoms with van der Waals surface area (Å²) < 4.78 is 32.6. The summed E-state index contributed by atoms with van der Waals surface area (Å²) in [5, 5.41) is 0. The van der Waals surface area contributed by atoms with Crippen molar-refractivity contribution in [1.82, 2.24) is 0 Å².